The molecule has 286 valence electrons. The van der Waals surface area contributed by atoms with Crippen LogP contribution >= 0.6 is 11.3 Å². The summed E-state index contributed by atoms with van der Waals surface area (Å²) in [4.78, 5) is 71.2. The van der Waals surface area contributed by atoms with Gasteiger partial charge in [0.25, 0.3) is 5.91 Å². The average molecular weight is 759 g/mol. The van der Waals surface area contributed by atoms with Gasteiger partial charge in [-0.3, -0.25) is 19.2 Å². The maximum Gasteiger partial charge on any atom is 0.315 e. The van der Waals surface area contributed by atoms with Crippen molar-refractivity contribution in [3.05, 3.63) is 29.0 Å². The van der Waals surface area contributed by atoms with E-state index in [9.17, 15) is 32.4 Å². The van der Waals surface area contributed by atoms with Gasteiger partial charge in [0.15, 0.2) is 0 Å². The van der Waals surface area contributed by atoms with Crippen LogP contribution in [0.4, 0.5) is 4.79 Å². The number of amides is 5. The van der Waals surface area contributed by atoms with Gasteiger partial charge < -0.3 is 26.2 Å². The number of sulfonamides is 1. The van der Waals surface area contributed by atoms with E-state index in [1.54, 1.807) is 16.3 Å². The zero-order valence-corrected chi connectivity index (χ0v) is 32.6. The fourth-order valence-corrected chi connectivity index (χ4v) is 11.7. The molecule has 3 aliphatic carbocycles. The van der Waals surface area contributed by atoms with Crippen LogP contribution in [0.2, 0.25) is 0 Å². The summed E-state index contributed by atoms with van der Waals surface area (Å²) in [5.74, 6) is -2.22. The molecule has 0 bridgehead atoms. The molecule has 0 radical (unpaired) electrons. The molecule has 2 aliphatic heterocycles. The lowest BCUT2D eigenvalue weighted by Gasteiger charge is -2.42. The zero-order chi connectivity index (χ0) is 37.8. The van der Waals surface area contributed by atoms with Gasteiger partial charge in [0.05, 0.1) is 16.5 Å². The molecule has 4 N–H and O–H groups in total. The van der Waals surface area contributed by atoms with Crippen LogP contribution in [-0.4, -0.2) is 90.5 Å². The van der Waals surface area contributed by atoms with Crippen LogP contribution in [0, 0.1) is 28.6 Å². The Morgan fingerprint density at radius 3 is 2.38 bits per heavy atom. The lowest BCUT2D eigenvalue weighted by atomic mass is 9.81. The summed E-state index contributed by atoms with van der Waals surface area (Å²) in [5, 5.41) is 13.2. The number of urea groups is 1. The van der Waals surface area contributed by atoms with E-state index in [0.717, 1.165) is 37.0 Å². The molecule has 0 spiro atoms. The van der Waals surface area contributed by atoms with Gasteiger partial charge in [0.1, 0.15) is 12.1 Å². The van der Waals surface area contributed by atoms with Crippen molar-refractivity contribution in [2.75, 3.05) is 19.6 Å². The van der Waals surface area contributed by atoms with Crippen molar-refractivity contribution in [2.45, 2.75) is 121 Å². The van der Waals surface area contributed by atoms with Crippen molar-refractivity contribution in [3.63, 3.8) is 0 Å². The van der Waals surface area contributed by atoms with E-state index >= 15 is 0 Å². The standard InChI is InChI=1S/C37H54N6O7S2/c1-7-16-38-32(46)29(44)24(18-22-11-12-22)39-31(45)28-27-23(36(27,5)6)19-43(28)33(47)30(35(2,3)4)40-34(48)41-37(14-9-8-10-15-37)21-42-20-25-26(13-17-51-25)52(42,49)50/h7,13,17,22-24,27-28,30H,1,8-12,14-16,18-21H2,2-6H3,(H,38,46)(H,39,45)(H2,40,41,48)/t23?,24?,27-,28-,30+/m0/s1. The highest BCUT2D eigenvalue weighted by Gasteiger charge is 2.70. The SMILES string of the molecule is C=CCNC(=O)C(=O)C(CC1CC1)NC(=O)[C@@H]1[C@@H]2C(CN1C(=O)[C@@H](NC(=O)NC1(CN3Cc4sccc4S3(=O)=O)CCCCC1)C(C)(C)C)C2(C)C. The minimum absolute atomic E-state index is 0.0614. The quantitative estimate of drug-likeness (QED) is 0.177. The molecule has 15 heteroatoms. The van der Waals surface area contributed by atoms with E-state index in [4.69, 9.17) is 0 Å². The molecule has 1 aromatic rings. The van der Waals surface area contributed by atoms with Crippen molar-refractivity contribution in [2.24, 2.45) is 28.6 Å². The Morgan fingerprint density at radius 1 is 1.08 bits per heavy atom. The number of nitrogens with one attached hydrogen (secondary N) is 4. The van der Waals surface area contributed by atoms with Crippen molar-refractivity contribution in [1.82, 2.24) is 30.5 Å². The van der Waals surface area contributed by atoms with Crippen molar-refractivity contribution >= 4 is 50.9 Å². The molecule has 52 heavy (non-hydrogen) atoms. The molecular formula is C37H54N6O7S2. The van der Waals surface area contributed by atoms with E-state index in [1.807, 2.05) is 20.8 Å². The summed E-state index contributed by atoms with van der Waals surface area (Å²) in [5.41, 5.74) is -1.76. The van der Waals surface area contributed by atoms with Gasteiger partial charge in [-0.05, 0) is 59.3 Å². The molecule has 5 amide bonds. The Bertz CT molecular complexity index is 1720. The molecule has 2 unspecified atom stereocenters. The Kier molecular flexibility index (Phi) is 10.5. The minimum Gasteiger partial charge on any atom is -0.346 e. The lowest BCUT2D eigenvalue weighted by molar-refractivity contribution is -0.145. The Labute approximate surface area is 311 Å². The van der Waals surface area contributed by atoms with E-state index in [1.165, 1.54) is 21.7 Å². The second kappa shape index (κ2) is 14.2. The van der Waals surface area contributed by atoms with Gasteiger partial charge in [-0.15, -0.1) is 17.9 Å². The number of ketones is 1. The van der Waals surface area contributed by atoms with Gasteiger partial charge in [0.2, 0.25) is 27.6 Å². The Hall–Kier alpha value is -3.30. The smallest absolute Gasteiger partial charge is 0.315 e. The Morgan fingerprint density at radius 2 is 1.77 bits per heavy atom. The second-order valence-corrected chi connectivity index (χ2v) is 20.1. The third-order valence-corrected chi connectivity index (χ3v) is 14.9. The molecule has 1 saturated heterocycles. The van der Waals surface area contributed by atoms with Crippen molar-refractivity contribution in [3.8, 4) is 0 Å². The molecule has 1 aromatic heterocycles. The molecule has 4 fully saturated rings. The Balaban J connectivity index is 1.18. The van der Waals surface area contributed by atoms with Gasteiger partial charge in [-0.25, -0.2) is 13.2 Å². The molecule has 5 atom stereocenters. The number of thiophene rings is 1. The highest BCUT2D eigenvalue weighted by molar-refractivity contribution is 7.89. The molecule has 13 nitrogen and oxygen atoms in total. The molecule has 6 rings (SSSR count). The predicted molar refractivity (Wildman–Crippen MR) is 196 cm³/mol. The van der Waals surface area contributed by atoms with Crippen LogP contribution in [0.3, 0.4) is 0 Å². The summed E-state index contributed by atoms with van der Waals surface area (Å²) >= 11 is 1.41. The second-order valence-electron chi connectivity index (χ2n) is 17.2. The molecular weight excluding hydrogens is 705 g/mol. The number of piperidine rings is 1. The molecule has 3 heterocycles. The summed E-state index contributed by atoms with van der Waals surface area (Å²) in [6.07, 6.45) is 7.53. The van der Waals surface area contributed by atoms with Gasteiger partial charge in [-0.1, -0.05) is 72.8 Å². The number of carbonyl (C=O) groups is 5. The first-order chi connectivity index (χ1) is 24.4. The van der Waals surface area contributed by atoms with Gasteiger partial charge in [0, 0.05) is 31.1 Å². The first-order valence-electron chi connectivity index (χ1n) is 18.6. The summed E-state index contributed by atoms with van der Waals surface area (Å²) in [6.45, 7) is 14.1. The monoisotopic (exact) mass is 758 g/mol. The fourth-order valence-electron chi connectivity index (χ4n) is 8.71. The summed E-state index contributed by atoms with van der Waals surface area (Å²) in [7, 11) is -3.67. The van der Waals surface area contributed by atoms with Gasteiger partial charge in [-0.2, -0.15) is 4.31 Å². The van der Waals surface area contributed by atoms with Crippen molar-refractivity contribution < 1.29 is 32.4 Å². The largest absolute Gasteiger partial charge is 0.346 e. The number of carbonyl (C=O) groups excluding carboxylic acids is 5. The number of rotatable bonds is 13. The summed E-state index contributed by atoms with van der Waals surface area (Å²) < 4.78 is 28.2. The highest BCUT2D eigenvalue weighted by Crippen LogP contribution is 2.65. The third-order valence-electron chi connectivity index (χ3n) is 12.0. The maximum atomic E-state index is 14.6. The fraction of sp³-hybridized carbons (Fsp3) is 0.703. The highest BCUT2D eigenvalue weighted by atomic mass is 32.2. The number of Topliss-reactive ketones (excluding diaryl/α,β-unsaturated/α-hetero) is 1. The first-order valence-corrected chi connectivity index (χ1v) is 20.9. The van der Waals surface area contributed by atoms with Crippen LogP contribution in [-0.2, 0) is 35.7 Å². The third kappa shape index (κ3) is 7.54. The number of hydrogen-bond donors (Lipinski definition) is 4. The molecule has 0 aromatic carbocycles. The predicted octanol–water partition coefficient (Wildman–Crippen LogP) is 3.31. The number of fused-ring (bicyclic) bond motifs is 2. The normalized spacial score (nSPS) is 26.6. The minimum atomic E-state index is -3.67. The topological polar surface area (TPSA) is 174 Å². The lowest BCUT2D eigenvalue weighted by Crippen LogP contribution is -2.64. The number of likely N-dealkylation sites (tertiary alicyclic amines) is 1. The summed E-state index contributed by atoms with van der Waals surface area (Å²) in [6, 6.07) is -1.83. The van der Waals surface area contributed by atoms with E-state index in [2.05, 4.69) is 41.7 Å². The van der Waals surface area contributed by atoms with Crippen LogP contribution in [0.5, 0.6) is 0 Å². The van der Waals surface area contributed by atoms with Crippen LogP contribution in [0.25, 0.3) is 0 Å². The van der Waals surface area contributed by atoms with E-state index in [-0.39, 0.29) is 42.8 Å². The zero-order valence-electron chi connectivity index (χ0n) is 31.0. The van der Waals surface area contributed by atoms with Crippen LogP contribution in [0.1, 0.15) is 90.9 Å². The maximum absolute atomic E-state index is 14.6. The molecule has 3 saturated carbocycles. The number of nitrogens with zero attached hydrogens (tertiary/aromatic N) is 2. The van der Waals surface area contributed by atoms with Crippen LogP contribution in [0.15, 0.2) is 29.0 Å². The average Bonchev–Trinajstić information content (AvgIpc) is 3.75. The van der Waals surface area contributed by atoms with E-state index in [0.29, 0.717) is 30.7 Å². The first kappa shape index (κ1) is 38.4. The molecule has 5 aliphatic rings. The number of hydrogen-bond acceptors (Lipinski definition) is 8. The van der Waals surface area contributed by atoms with E-state index < -0.39 is 68.6 Å². The van der Waals surface area contributed by atoms with Gasteiger partial charge >= 0.3 is 6.03 Å². The van der Waals surface area contributed by atoms with Crippen LogP contribution < -0.4 is 21.3 Å². The van der Waals surface area contributed by atoms with Crippen molar-refractivity contribution in [1.29, 1.82) is 0 Å².